The number of carbonyl (C=O) groups is 2. The molecule has 0 aliphatic rings. The summed E-state index contributed by atoms with van der Waals surface area (Å²) >= 11 is 0. The Morgan fingerprint density at radius 3 is 1.72 bits per heavy atom. The molecule has 5 heteroatoms. The Hall–Kier alpha value is -1.10. The molecule has 1 amide bonds. The van der Waals surface area contributed by atoms with Crippen molar-refractivity contribution in [3.05, 3.63) is 0 Å². The molecule has 2 N–H and O–H groups in total. The third-order valence-electron chi connectivity index (χ3n) is 4.95. The van der Waals surface area contributed by atoms with Crippen molar-refractivity contribution in [2.75, 3.05) is 26.2 Å². The first kappa shape index (κ1) is 23.9. The minimum Gasteiger partial charge on any atom is -0.480 e. The maximum Gasteiger partial charge on any atom is 0.317 e. The maximum atomic E-state index is 12.6. The lowest BCUT2D eigenvalue weighted by molar-refractivity contribution is -0.136. The van der Waals surface area contributed by atoms with E-state index in [1.165, 1.54) is 25.7 Å². The van der Waals surface area contributed by atoms with Gasteiger partial charge in [0.25, 0.3) is 0 Å². The van der Waals surface area contributed by atoms with E-state index in [0.717, 1.165) is 38.8 Å². The first-order valence-corrected chi connectivity index (χ1v) is 10.2. The standard InChI is InChI=1S/C20H40N2O3/c1-5-9-11-17(7-3)15-22(16-18(8-4)12-10-6-2)19(23)13-21-14-20(24)25/h17-18,21H,5-16H2,1-4H3,(H,24,25). The summed E-state index contributed by atoms with van der Waals surface area (Å²) in [4.78, 5) is 25.3. The number of unbranched alkanes of at least 4 members (excludes halogenated alkanes) is 2. The second-order valence-electron chi connectivity index (χ2n) is 7.13. The van der Waals surface area contributed by atoms with Gasteiger partial charge in [-0.05, 0) is 24.7 Å². The predicted molar refractivity (Wildman–Crippen MR) is 104 cm³/mol. The minimum atomic E-state index is -0.928. The number of hydrogen-bond donors (Lipinski definition) is 2. The zero-order chi connectivity index (χ0) is 19.1. The zero-order valence-electron chi connectivity index (χ0n) is 16.9. The van der Waals surface area contributed by atoms with E-state index in [4.69, 9.17) is 5.11 Å². The molecule has 0 aliphatic heterocycles. The van der Waals surface area contributed by atoms with E-state index in [1.54, 1.807) is 0 Å². The molecule has 0 aromatic heterocycles. The van der Waals surface area contributed by atoms with Crippen LogP contribution in [0.4, 0.5) is 0 Å². The smallest absolute Gasteiger partial charge is 0.317 e. The SMILES string of the molecule is CCCCC(CC)CN(CC(CC)CCCC)C(=O)CNCC(=O)O. The molecule has 0 heterocycles. The molecule has 0 saturated heterocycles. The van der Waals surface area contributed by atoms with Crippen LogP contribution in [0, 0.1) is 11.8 Å². The third kappa shape index (κ3) is 12.0. The largest absolute Gasteiger partial charge is 0.480 e. The van der Waals surface area contributed by atoms with Crippen LogP contribution in [0.3, 0.4) is 0 Å². The number of amides is 1. The van der Waals surface area contributed by atoms with Crippen molar-refractivity contribution in [1.29, 1.82) is 0 Å². The van der Waals surface area contributed by atoms with Gasteiger partial charge in [-0.25, -0.2) is 0 Å². The highest BCUT2D eigenvalue weighted by Gasteiger charge is 2.21. The quantitative estimate of drug-likeness (QED) is 0.440. The topological polar surface area (TPSA) is 69.6 Å². The van der Waals surface area contributed by atoms with Crippen molar-refractivity contribution in [2.24, 2.45) is 11.8 Å². The number of hydrogen-bond acceptors (Lipinski definition) is 3. The van der Waals surface area contributed by atoms with E-state index >= 15 is 0 Å². The molecule has 5 nitrogen and oxygen atoms in total. The summed E-state index contributed by atoms with van der Waals surface area (Å²) in [6.07, 6.45) is 9.24. The predicted octanol–water partition coefficient (Wildman–Crippen LogP) is 3.92. The van der Waals surface area contributed by atoms with E-state index in [2.05, 4.69) is 33.0 Å². The van der Waals surface area contributed by atoms with Crippen LogP contribution >= 0.6 is 0 Å². The van der Waals surface area contributed by atoms with E-state index in [9.17, 15) is 9.59 Å². The molecule has 0 spiro atoms. The van der Waals surface area contributed by atoms with Crippen LogP contribution < -0.4 is 5.32 Å². The summed E-state index contributed by atoms with van der Waals surface area (Å²) in [6.45, 7) is 10.3. The summed E-state index contributed by atoms with van der Waals surface area (Å²) in [7, 11) is 0. The average Bonchev–Trinajstić information content (AvgIpc) is 2.59. The van der Waals surface area contributed by atoms with E-state index in [0.29, 0.717) is 11.8 Å². The fraction of sp³-hybridized carbons (Fsp3) is 0.900. The van der Waals surface area contributed by atoms with Crippen molar-refractivity contribution in [1.82, 2.24) is 10.2 Å². The molecule has 0 aromatic carbocycles. The van der Waals surface area contributed by atoms with Crippen molar-refractivity contribution in [2.45, 2.75) is 79.1 Å². The number of carboxylic acid groups (broad SMARTS) is 1. The van der Waals surface area contributed by atoms with Gasteiger partial charge in [-0.2, -0.15) is 0 Å². The summed E-state index contributed by atoms with van der Waals surface area (Å²) in [5.41, 5.74) is 0. The Balaban J connectivity index is 4.81. The first-order valence-electron chi connectivity index (χ1n) is 10.2. The molecular formula is C20H40N2O3. The van der Waals surface area contributed by atoms with Gasteiger partial charge < -0.3 is 10.0 Å². The zero-order valence-corrected chi connectivity index (χ0v) is 16.9. The van der Waals surface area contributed by atoms with Crippen LogP contribution in [-0.4, -0.2) is 48.1 Å². The molecule has 2 unspecified atom stereocenters. The number of carboxylic acids is 1. The molecule has 0 saturated carbocycles. The first-order chi connectivity index (χ1) is 12.0. The van der Waals surface area contributed by atoms with E-state index in [1.807, 2.05) is 4.90 Å². The minimum absolute atomic E-state index is 0.0335. The highest BCUT2D eigenvalue weighted by atomic mass is 16.4. The maximum absolute atomic E-state index is 12.6. The van der Waals surface area contributed by atoms with Gasteiger partial charge in [-0.3, -0.25) is 14.9 Å². The van der Waals surface area contributed by atoms with Crippen LogP contribution in [0.5, 0.6) is 0 Å². The Bertz CT molecular complexity index is 343. The molecule has 0 bridgehead atoms. The number of rotatable bonds is 16. The van der Waals surface area contributed by atoms with Crippen LogP contribution in [0.2, 0.25) is 0 Å². The number of carbonyl (C=O) groups excluding carboxylic acids is 1. The lowest BCUT2D eigenvalue weighted by Crippen LogP contribution is -2.44. The monoisotopic (exact) mass is 356 g/mol. The highest BCUT2D eigenvalue weighted by molar-refractivity contribution is 5.79. The van der Waals surface area contributed by atoms with E-state index < -0.39 is 5.97 Å². The Kier molecular flexibility index (Phi) is 14.5. The molecule has 25 heavy (non-hydrogen) atoms. The van der Waals surface area contributed by atoms with Gasteiger partial charge in [0.2, 0.25) is 5.91 Å². The summed E-state index contributed by atoms with van der Waals surface area (Å²) in [6, 6.07) is 0. The number of nitrogens with one attached hydrogen (secondary N) is 1. The van der Waals surface area contributed by atoms with Crippen molar-refractivity contribution in [3.8, 4) is 0 Å². The Morgan fingerprint density at radius 1 is 0.880 bits per heavy atom. The van der Waals surface area contributed by atoms with Gasteiger partial charge in [0.1, 0.15) is 0 Å². The summed E-state index contributed by atoms with van der Waals surface area (Å²) < 4.78 is 0. The molecule has 0 aliphatic carbocycles. The fourth-order valence-electron chi connectivity index (χ4n) is 3.12. The second-order valence-corrected chi connectivity index (χ2v) is 7.13. The molecule has 0 rings (SSSR count). The highest BCUT2D eigenvalue weighted by Crippen LogP contribution is 2.19. The molecule has 2 atom stereocenters. The van der Waals surface area contributed by atoms with Gasteiger partial charge in [0.15, 0.2) is 0 Å². The molecule has 0 radical (unpaired) electrons. The molecule has 148 valence electrons. The van der Waals surface area contributed by atoms with Crippen molar-refractivity contribution < 1.29 is 14.7 Å². The lowest BCUT2D eigenvalue weighted by Gasteiger charge is -2.31. The summed E-state index contributed by atoms with van der Waals surface area (Å²) in [5.74, 6) is 0.174. The molecule has 0 fully saturated rings. The van der Waals surface area contributed by atoms with Gasteiger partial charge in [0.05, 0.1) is 13.1 Å². The average molecular weight is 357 g/mol. The Morgan fingerprint density at radius 2 is 1.36 bits per heavy atom. The normalized spacial score (nSPS) is 13.4. The Labute approximate surface area is 154 Å². The van der Waals surface area contributed by atoms with Gasteiger partial charge in [-0.15, -0.1) is 0 Å². The number of aliphatic carboxylic acids is 1. The van der Waals surface area contributed by atoms with Crippen LogP contribution in [0.1, 0.15) is 79.1 Å². The van der Waals surface area contributed by atoms with Gasteiger partial charge in [-0.1, -0.05) is 66.2 Å². The van der Waals surface area contributed by atoms with Crippen molar-refractivity contribution in [3.63, 3.8) is 0 Å². The van der Waals surface area contributed by atoms with Crippen molar-refractivity contribution >= 4 is 11.9 Å². The molecule has 0 aromatic rings. The van der Waals surface area contributed by atoms with Gasteiger partial charge >= 0.3 is 5.97 Å². The third-order valence-corrected chi connectivity index (χ3v) is 4.95. The lowest BCUT2D eigenvalue weighted by atomic mass is 9.95. The van der Waals surface area contributed by atoms with E-state index in [-0.39, 0.29) is 19.0 Å². The fourth-order valence-corrected chi connectivity index (χ4v) is 3.12. The van der Waals surface area contributed by atoms with Gasteiger partial charge in [0, 0.05) is 13.1 Å². The molecular weight excluding hydrogens is 316 g/mol. The summed E-state index contributed by atoms with van der Waals surface area (Å²) in [5, 5.41) is 11.5. The number of nitrogens with zero attached hydrogens (tertiary/aromatic N) is 1. The second kappa shape index (κ2) is 15.2. The van der Waals surface area contributed by atoms with Crippen LogP contribution in [-0.2, 0) is 9.59 Å². The van der Waals surface area contributed by atoms with Crippen LogP contribution in [0.25, 0.3) is 0 Å². The van der Waals surface area contributed by atoms with Crippen LogP contribution in [0.15, 0.2) is 0 Å².